The van der Waals surface area contributed by atoms with Crippen LogP contribution in [0.5, 0.6) is 5.75 Å². The molecule has 1 aromatic carbocycles. The Hall–Kier alpha value is -1.56. The van der Waals surface area contributed by atoms with E-state index in [4.69, 9.17) is 0 Å². The van der Waals surface area contributed by atoms with Gasteiger partial charge in [-0.15, -0.1) is 0 Å². The van der Waals surface area contributed by atoms with Gasteiger partial charge in [0.15, 0.2) is 9.84 Å². The molecular formula is C13H17NO4S. The van der Waals surface area contributed by atoms with Crippen molar-refractivity contribution < 1.29 is 18.3 Å². The van der Waals surface area contributed by atoms with E-state index in [-0.39, 0.29) is 23.2 Å². The predicted molar refractivity (Wildman–Crippen MR) is 72.0 cm³/mol. The minimum atomic E-state index is -3.06. The molecule has 5 nitrogen and oxygen atoms in total. The van der Waals surface area contributed by atoms with Crippen molar-refractivity contribution >= 4 is 15.7 Å². The van der Waals surface area contributed by atoms with Crippen molar-refractivity contribution in [2.75, 3.05) is 11.5 Å². The zero-order valence-electron chi connectivity index (χ0n) is 10.9. The first-order valence-electron chi connectivity index (χ1n) is 6.04. The number of phenolic OH excluding ortho intramolecular Hbond substituents is 1. The van der Waals surface area contributed by atoms with Crippen LogP contribution in [0.25, 0.3) is 0 Å². The number of hydrogen-bond acceptors (Lipinski definition) is 4. The van der Waals surface area contributed by atoms with Gasteiger partial charge in [0, 0.05) is 11.1 Å². The fourth-order valence-electron chi connectivity index (χ4n) is 2.32. The van der Waals surface area contributed by atoms with Crippen LogP contribution < -0.4 is 5.32 Å². The van der Waals surface area contributed by atoms with Gasteiger partial charge >= 0.3 is 0 Å². The molecule has 1 atom stereocenters. The van der Waals surface area contributed by atoms with Crippen molar-refractivity contribution in [1.82, 2.24) is 5.32 Å². The molecule has 0 bridgehead atoms. The summed E-state index contributed by atoms with van der Waals surface area (Å²) in [7, 11) is -3.06. The Balaban J connectivity index is 2.21. The molecule has 1 aliphatic heterocycles. The van der Waals surface area contributed by atoms with Gasteiger partial charge in [0.1, 0.15) is 5.75 Å². The van der Waals surface area contributed by atoms with Crippen molar-refractivity contribution in [1.29, 1.82) is 0 Å². The first kappa shape index (κ1) is 13.9. The van der Waals surface area contributed by atoms with Crippen LogP contribution in [-0.2, 0) is 9.84 Å². The molecule has 1 saturated heterocycles. The summed E-state index contributed by atoms with van der Waals surface area (Å²) < 4.78 is 23.0. The van der Waals surface area contributed by atoms with Gasteiger partial charge in [-0.2, -0.15) is 0 Å². The van der Waals surface area contributed by atoms with Gasteiger partial charge in [-0.1, -0.05) is 6.07 Å². The van der Waals surface area contributed by atoms with E-state index in [0.717, 1.165) is 0 Å². The maximum Gasteiger partial charge on any atom is 0.252 e. The molecule has 1 fully saturated rings. The highest BCUT2D eigenvalue weighted by molar-refractivity contribution is 7.91. The smallest absolute Gasteiger partial charge is 0.252 e. The number of amides is 1. The van der Waals surface area contributed by atoms with Crippen LogP contribution >= 0.6 is 0 Å². The summed E-state index contributed by atoms with van der Waals surface area (Å²) >= 11 is 0. The summed E-state index contributed by atoms with van der Waals surface area (Å²) in [5, 5.41) is 12.3. The van der Waals surface area contributed by atoms with Gasteiger partial charge in [-0.3, -0.25) is 4.79 Å². The van der Waals surface area contributed by atoms with Crippen LogP contribution in [0.2, 0.25) is 0 Å². The summed E-state index contributed by atoms with van der Waals surface area (Å²) in [6.07, 6.45) is 0.416. The number of hydrogen-bond donors (Lipinski definition) is 2. The lowest BCUT2D eigenvalue weighted by Gasteiger charge is -2.24. The Morgan fingerprint density at radius 1 is 1.42 bits per heavy atom. The predicted octanol–water partition coefficient (Wildman–Crippen LogP) is 1.01. The quantitative estimate of drug-likeness (QED) is 0.848. The Bertz CT molecular complexity index is 624. The Morgan fingerprint density at radius 3 is 2.68 bits per heavy atom. The van der Waals surface area contributed by atoms with Gasteiger partial charge in [-0.25, -0.2) is 8.42 Å². The Morgan fingerprint density at radius 2 is 2.11 bits per heavy atom. The molecular weight excluding hydrogens is 266 g/mol. The number of carbonyl (C=O) groups excluding carboxylic acids is 1. The van der Waals surface area contributed by atoms with E-state index < -0.39 is 15.4 Å². The van der Waals surface area contributed by atoms with E-state index in [9.17, 15) is 18.3 Å². The van der Waals surface area contributed by atoms with E-state index >= 15 is 0 Å². The van der Waals surface area contributed by atoms with Crippen molar-refractivity contribution in [2.45, 2.75) is 25.8 Å². The molecule has 1 heterocycles. The second kappa shape index (κ2) is 4.52. The minimum Gasteiger partial charge on any atom is -0.508 e. The topological polar surface area (TPSA) is 83.5 Å². The average molecular weight is 283 g/mol. The van der Waals surface area contributed by atoms with Crippen molar-refractivity contribution in [3.8, 4) is 5.75 Å². The van der Waals surface area contributed by atoms with Crippen molar-refractivity contribution in [2.24, 2.45) is 0 Å². The molecule has 0 aliphatic carbocycles. The molecule has 1 aliphatic rings. The van der Waals surface area contributed by atoms with Gasteiger partial charge in [-0.05, 0) is 32.4 Å². The lowest BCUT2D eigenvalue weighted by Crippen LogP contribution is -2.47. The molecule has 0 radical (unpaired) electrons. The van der Waals surface area contributed by atoms with Gasteiger partial charge in [0.2, 0.25) is 0 Å². The second-order valence-corrected chi connectivity index (χ2v) is 7.49. The number of carbonyl (C=O) groups is 1. The van der Waals surface area contributed by atoms with Gasteiger partial charge in [0.25, 0.3) is 5.91 Å². The molecule has 104 valence electrons. The highest BCUT2D eigenvalue weighted by Gasteiger charge is 2.39. The number of aromatic hydroxyl groups is 1. The fraction of sp³-hybridized carbons (Fsp3) is 0.462. The normalized spacial score (nSPS) is 25.2. The second-order valence-electron chi connectivity index (χ2n) is 5.31. The molecule has 2 N–H and O–H groups in total. The zero-order chi connectivity index (χ0) is 14.3. The van der Waals surface area contributed by atoms with Crippen molar-refractivity contribution in [3.63, 3.8) is 0 Å². The third kappa shape index (κ3) is 2.89. The molecule has 2 rings (SSSR count). The van der Waals surface area contributed by atoms with E-state index in [0.29, 0.717) is 17.5 Å². The van der Waals surface area contributed by atoms with Crippen LogP contribution in [0.1, 0.15) is 29.3 Å². The fourth-order valence-corrected chi connectivity index (χ4v) is 4.41. The lowest BCUT2D eigenvalue weighted by molar-refractivity contribution is 0.0914. The largest absolute Gasteiger partial charge is 0.508 e. The van der Waals surface area contributed by atoms with Crippen LogP contribution in [0, 0.1) is 6.92 Å². The highest BCUT2D eigenvalue weighted by atomic mass is 32.2. The van der Waals surface area contributed by atoms with Crippen LogP contribution in [-0.4, -0.2) is 36.5 Å². The third-order valence-electron chi connectivity index (χ3n) is 3.47. The Kier molecular flexibility index (Phi) is 3.30. The molecule has 19 heavy (non-hydrogen) atoms. The number of nitrogens with one attached hydrogen (secondary N) is 1. The van der Waals surface area contributed by atoms with Crippen LogP contribution in [0.15, 0.2) is 18.2 Å². The summed E-state index contributed by atoms with van der Waals surface area (Å²) in [6.45, 7) is 3.38. The molecule has 0 aromatic heterocycles. The van der Waals surface area contributed by atoms with Crippen LogP contribution in [0.3, 0.4) is 0 Å². The summed E-state index contributed by atoms with van der Waals surface area (Å²) in [5.74, 6) is -0.239. The van der Waals surface area contributed by atoms with E-state index in [1.54, 1.807) is 26.0 Å². The van der Waals surface area contributed by atoms with E-state index in [2.05, 4.69) is 5.32 Å². The molecule has 1 unspecified atom stereocenters. The molecule has 6 heteroatoms. The number of sulfone groups is 1. The number of phenols is 1. The van der Waals surface area contributed by atoms with Gasteiger partial charge in [0.05, 0.1) is 17.0 Å². The summed E-state index contributed by atoms with van der Waals surface area (Å²) in [5.41, 5.74) is 0.128. The monoisotopic (exact) mass is 283 g/mol. The third-order valence-corrected chi connectivity index (χ3v) is 5.37. The van der Waals surface area contributed by atoms with E-state index in [1.165, 1.54) is 6.07 Å². The molecule has 1 amide bonds. The first-order chi connectivity index (χ1) is 8.72. The molecule has 1 aromatic rings. The average Bonchev–Trinajstić information content (AvgIpc) is 2.56. The maximum atomic E-state index is 12.2. The van der Waals surface area contributed by atoms with E-state index in [1.807, 2.05) is 0 Å². The van der Waals surface area contributed by atoms with Gasteiger partial charge < -0.3 is 10.4 Å². The number of benzene rings is 1. The van der Waals surface area contributed by atoms with Crippen LogP contribution in [0.4, 0.5) is 0 Å². The minimum absolute atomic E-state index is 0.0381. The first-order valence-corrected chi connectivity index (χ1v) is 7.86. The summed E-state index contributed by atoms with van der Waals surface area (Å²) in [6, 6.07) is 4.70. The van der Waals surface area contributed by atoms with Crippen molar-refractivity contribution in [3.05, 3.63) is 29.3 Å². The highest BCUT2D eigenvalue weighted by Crippen LogP contribution is 2.25. The lowest BCUT2D eigenvalue weighted by atomic mass is 10.00. The Labute approximate surface area is 112 Å². The zero-order valence-corrected chi connectivity index (χ0v) is 11.8. The molecule has 0 saturated carbocycles. The summed E-state index contributed by atoms with van der Waals surface area (Å²) in [4.78, 5) is 12.2. The molecule has 0 spiro atoms. The number of rotatable bonds is 2. The standard InChI is InChI=1S/C13H17NO4S/c1-9-10(4-3-5-11(9)15)12(16)14-13(2)6-7-19(17,18)8-13/h3-5,15H,6-8H2,1-2H3,(H,14,16). The maximum absolute atomic E-state index is 12.2. The SMILES string of the molecule is Cc1c(O)cccc1C(=O)NC1(C)CCS(=O)(=O)C1.